The Kier molecular flexibility index (Phi) is 3.15. The molecule has 6 heteroatoms. The lowest BCUT2D eigenvalue weighted by atomic mass is 9.95. The van der Waals surface area contributed by atoms with Gasteiger partial charge < -0.3 is 15.2 Å². The van der Waals surface area contributed by atoms with Gasteiger partial charge in [-0.05, 0) is 17.7 Å². The monoisotopic (exact) mass is 277 g/mol. The number of halogens is 3. The fraction of sp³-hybridized carbons (Fsp3) is 0.500. The summed E-state index contributed by atoms with van der Waals surface area (Å²) < 4.78 is 37.1. The molecule has 100 valence electrons. The molecule has 0 aliphatic heterocycles. The Morgan fingerprint density at radius 2 is 1.94 bits per heavy atom. The smallest absolute Gasteiger partial charge is 0.260 e. The van der Waals surface area contributed by atoms with Crippen molar-refractivity contribution in [2.24, 2.45) is 5.73 Å². The first-order chi connectivity index (χ1) is 8.41. The highest BCUT2D eigenvalue weighted by Gasteiger charge is 2.71. The number of nitrogens with two attached hydrogens (primary N) is 1. The normalized spacial score (nSPS) is 24.8. The van der Waals surface area contributed by atoms with Crippen LogP contribution in [0.4, 0.5) is 8.78 Å². The van der Waals surface area contributed by atoms with Crippen molar-refractivity contribution >= 4 is 11.6 Å². The third-order valence-electron chi connectivity index (χ3n) is 3.43. The van der Waals surface area contributed by atoms with E-state index in [4.69, 9.17) is 26.8 Å². The van der Waals surface area contributed by atoms with Crippen molar-refractivity contribution in [2.75, 3.05) is 20.8 Å². The van der Waals surface area contributed by atoms with E-state index in [2.05, 4.69) is 0 Å². The lowest BCUT2D eigenvalue weighted by Crippen LogP contribution is -2.26. The van der Waals surface area contributed by atoms with Gasteiger partial charge in [0.05, 0.1) is 24.7 Å². The van der Waals surface area contributed by atoms with Gasteiger partial charge in [-0.2, -0.15) is 0 Å². The van der Waals surface area contributed by atoms with E-state index >= 15 is 0 Å². The highest BCUT2D eigenvalue weighted by molar-refractivity contribution is 6.32. The Hall–Kier alpha value is -1.07. The first kappa shape index (κ1) is 13.4. The van der Waals surface area contributed by atoms with Crippen LogP contribution >= 0.6 is 11.6 Å². The van der Waals surface area contributed by atoms with Gasteiger partial charge in [0, 0.05) is 13.0 Å². The summed E-state index contributed by atoms with van der Waals surface area (Å²) in [5.41, 5.74) is 4.56. The summed E-state index contributed by atoms with van der Waals surface area (Å²) in [6, 6.07) is 2.98. The Morgan fingerprint density at radius 1 is 1.33 bits per heavy atom. The van der Waals surface area contributed by atoms with Gasteiger partial charge in [-0.3, -0.25) is 0 Å². The summed E-state index contributed by atoms with van der Waals surface area (Å²) in [6.45, 7) is -0.133. The highest BCUT2D eigenvalue weighted by atomic mass is 35.5. The van der Waals surface area contributed by atoms with E-state index in [1.54, 1.807) is 0 Å². The van der Waals surface area contributed by atoms with Gasteiger partial charge in [0.2, 0.25) is 0 Å². The summed E-state index contributed by atoms with van der Waals surface area (Å²) in [5.74, 6) is -2.13. The topological polar surface area (TPSA) is 44.5 Å². The van der Waals surface area contributed by atoms with Crippen LogP contribution in [0.25, 0.3) is 0 Å². The van der Waals surface area contributed by atoms with Gasteiger partial charge in [0.1, 0.15) is 0 Å². The van der Waals surface area contributed by atoms with Crippen LogP contribution in [0.3, 0.4) is 0 Å². The van der Waals surface area contributed by atoms with Crippen LogP contribution < -0.4 is 15.2 Å². The average Bonchev–Trinajstić information content (AvgIpc) is 2.91. The van der Waals surface area contributed by atoms with Crippen LogP contribution in [0, 0.1) is 0 Å². The molecule has 1 saturated carbocycles. The van der Waals surface area contributed by atoms with E-state index < -0.39 is 11.3 Å². The molecule has 18 heavy (non-hydrogen) atoms. The quantitative estimate of drug-likeness (QED) is 0.920. The largest absolute Gasteiger partial charge is 0.493 e. The Bertz CT molecular complexity index is 481. The second-order valence-corrected chi connectivity index (χ2v) is 4.77. The molecule has 1 aromatic carbocycles. The third-order valence-corrected chi connectivity index (χ3v) is 3.71. The van der Waals surface area contributed by atoms with Gasteiger partial charge in [0.15, 0.2) is 11.5 Å². The molecule has 1 atom stereocenters. The fourth-order valence-corrected chi connectivity index (χ4v) is 2.47. The molecular weight excluding hydrogens is 264 g/mol. The van der Waals surface area contributed by atoms with E-state index in [1.807, 2.05) is 0 Å². The Labute approximate surface area is 109 Å². The number of ether oxygens (including phenoxy) is 2. The summed E-state index contributed by atoms with van der Waals surface area (Å²) in [7, 11) is 2.87. The molecule has 2 N–H and O–H groups in total. The van der Waals surface area contributed by atoms with Gasteiger partial charge >= 0.3 is 0 Å². The van der Waals surface area contributed by atoms with Crippen molar-refractivity contribution in [2.45, 2.75) is 17.8 Å². The first-order valence-electron chi connectivity index (χ1n) is 5.42. The maximum absolute atomic E-state index is 13.5. The van der Waals surface area contributed by atoms with Crippen molar-refractivity contribution in [3.05, 3.63) is 22.7 Å². The van der Waals surface area contributed by atoms with Crippen molar-refractivity contribution in [3.8, 4) is 11.5 Å². The molecule has 0 heterocycles. The van der Waals surface area contributed by atoms with Crippen molar-refractivity contribution < 1.29 is 18.3 Å². The molecule has 0 amide bonds. The van der Waals surface area contributed by atoms with Crippen LogP contribution in [0.1, 0.15) is 12.0 Å². The molecule has 1 fully saturated rings. The molecule has 2 rings (SSSR count). The first-order valence-corrected chi connectivity index (χ1v) is 5.79. The maximum Gasteiger partial charge on any atom is 0.260 e. The minimum absolute atomic E-state index is 0.133. The van der Waals surface area contributed by atoms with Gasteiger partial charge in [-0.25, -0.2) is 8.78 Å². The minimum atomic E-state index is -2.79. The number of benzene rings is 1. The van der Waals surface area contributed by atoms with Crippen LogP contribution in [0.15, 0.2) is 12.1 Å². The number of hydrogen-bond donors (Lipinski definition) is 1. The molecule has 0 spiro atoms. The van der Waals surface area contributed by atoms with E-state index in [-0.39, 0.29) is 18.0 Å². The van der Waals surface area contributed by atoms with Crippen LogP contribution in [0.5, 0.6) is 11.5 Å². The molecule has 1 aliphatic rings. The molecule has 0 radical (unpaired) electrons. The third kappa shape index (κ3) is 1.73. The SMILES string of the molecule is COc1cc(C2(CN)CC2(F)F)cc(Cl)c1OC. The molecule has 1 aliphatic carbocycles. The summed E-state index contributed by atoms with van der Waals surface area (Å²) in [5, 5.41) is 0.238. The molecule has 0 aromatic heterocycles. The van der Waals surface area contributed by atoms with Crippen molar-refractivity contribution in [1.29, 1.82) is 0 Å². The van der Waals surface area contributed by atoms with Crippen LogP contribution in [-0.4, -0.2) is 26.7 Å². The zero-order valence-corrected chi connectivity index (χ0v) is 10.9. The standard InChI is InChI=1S/C12H14ClF2NO2/c1-17-9-4-7(3-8(13)10(9)18-2)11(6-16)5-12(11,14)15/h3-4H,5-6,16H2,1-2H3. The van der Waals surface area contributed by atoms with Crippen molar-refractivity contribution in [3.63, 3.8) is 0 Å². The average molecular weight is 278 g/mol. The number of hydrogen-bond acceptors (Lipinski definition) is 3. The zero-order chi connectivity index (χ0) is 13.6. The predicted octanol–water partition coefficient (Wildman–Crippen LogP) is 2.59. The maximum atomic E-state index is 13.5. The molecule has 1 unspecified atom stereocenters. The Morgan fingerprint density at radius 3 is 2.33 bits per heavy atom. The number of methoxy groups -OCH3 is 2. The summed E-state index contributed by atoms with van der Waals surface area (Å²) in [6.07, 6.45) is -0.262. The fourth-order valence-electron chi connectivity index (χ4n) is 2.18. The van der Waals surface area contributed by atoms with Crippen LogP contribution in [-0.2, 0) is 5.41 Å². The van der Waals surface area contributed by atoms with Gasteiger partial charge in [-0.15, -0.1) is 0 Å². The van der Waals surface area contributed by atoms with E-state index in [9.17, 15) is 8.78 Å². The predicted molar refractivity (Wildman–Crippen MR) is 64.9 cm³/mol. The molecule has 1 aromatic rings. The zero-order valence-electron chi connectivity index (χ0n) is 10.1. The second kappa shape index (κ2) is 4.24. The summed E-state index contributed by atoms with van der Waals surface area (Å²) >= 11 is 6.01. The molecular formula is C12H14ClF2NO2. The Balaban J connectivity index is 2.51. The lowest BCUT2D eigenvalue weighted by molar-refractivity contribution is 0.0895. The molecule has 3 nitrogen and oxygen atoms in total. The van der Waals surface area contributed by atoms with E-state index in [1.165, 1.54) is 26.4 Å². The molecule has 0 bridgehead atoms. The number of alkyl halides is 2. The van der Waals surface area contributed by atoms with E-state index in [0.717, 1.165) is 0 Å². The second-order valence-electron chi connectivity index (χ2n) is 4.36. The van der Waals surface area contributed by atoms with Crippen molar-refractivity contribution in [1.82, 2.24) is 0 Å². The lowest BCUT2D eigenvalue weighted by Gasteiger charge is -2.18. The summed E-state index contributed by atoms with van der Waals surface area (Å²) in [4.78, 5) is 0. The highest BCUT2D eigenvalue weighted by Crippen LogP contribution is 2.62. The van der Waals surface area contributed by atoms with Gasteiger partial charge in [0.25, 0.3) is 5.92 Å². The molecule has 0 saturated heterocycles. The van der Waals surface area contributed by atoms with Crippen LogP contribution in [0.2, 0.25) is 5.02 Å². The number of rotatable bonds is 4. The minimum Gasteiger partial charge on any atom is -0.493 e. The van der Waals surface area contributed by atoms with E-state index in [0.29, 0.717) is 17.1 Å². The van der Waals surface area contributed by atoms with Gasteiger partial charge in [-0.1, -0.05) is 11.6 Å².